The lowest BCUT2D eigenvalue weighted by molar-refractivity contribution is -0.125. The van der Waals surface area contributed by atoms with Crippen molar-refractivity contribution in [3.63, 3.8) is 0 Å². The van der Waals surface area contributed by atoms with Crippen LogP contribution in [0.4, 0.5) is 0 Å². The molecular weight excluding hydrogens is 202 g/mol. The van der Waals surface area contributed by atoms with Crippen molar-refractivity contribution in [3.8, 4) is 0 Å². The highest BCUT2D eigenvalue weighted by atomic mass is 16.2. The summed E-state index contributed by atoms with van der Waals surface area (Å²) in [7, 11) is 0. The van der Waals surface area contributed by atoms with Crippen LogP contribution in [-0.4, -0.2) is 17.7 Å². The second kappa shape index (κ2) is 7.63. The molecule has 0 bridgehead atoms. The van der Waals surface area contributed by atoms with Crippen molar-refractivity contribution < 1.29 is 9.59 Å². The van der Waals surface area contributed by atoms with E-state index in [9.17, 15) is 9.59 Å². The summed E-state index contributed by atoms with van der Waals surface area (Å²) in [4.78, 5) is 23.0. The first-order valence-electron chi connectivity index (χ1n) is 5.35. The van der Waals surface area contributed by atoms with Crippen molar-refractivity contribution in [1.29, 1.82) is 0 Å². The molecule has 0 saturated carbocycles. The topological polar surface area (TPSA) is 46.2 Å². The van der Waals surface area contributed by atoms with E-state index in [2.05, 4.69) is 11.9 Å². The Kier molecular flexibility index (Phi) is 6.84. The van der Waals surface area contributed by atoms with Gasteiger partial charge in [0.25, 0.3) is 5.91 Å². The molecule has 3 nitrogen and oxygen atoms in total. The van der Waals surface area contributed by atoms with E-state index in [1.807, 2.05) is 6.92 Å². The Hall–Kier alpha value is -1.64. The second-order valence-corrected chi connectivity index (χ2v) is 3.37. The lowest BCUT2D eigenvalue weighted by Gasteiger charge is -2.12. The quantitative estimate of drug-likeness (QED) is 0.552. The van der Waals surface area contributed by atoms with E-state index in [1.54, 1.807) is 38.2 Å². The van der Waals surface area contributed by atoms with Crippen LogP contribution in [0, 0.1) is 0 Å². The Labute approximate surface area is 96.9 Å². The number of nitrogens with one attached hydrogen (secondary N) is 1. The van der Waals surface area contributed by atoms with Gasteiger partial charge in [0, 0.05) is 12.0 Å². The maximum atomic E-state index is 11.7. The highest BCUT2D eigenvalue weighted by Crippen LogP contribution is 2.00. The molecule has 0 aromatic carbocycles. The number of amides is 1. The van der Waals surface area contributed by atoms with Crippen LogP contribution in [0.2, 0.25) is 0 Å². The van der Waals surface area contributed by atoms with Crippen molar-refractivity contribution in [3.05, 3.63) is 36.5 Å². The van der Waals surface area contributed by atoms with Crippen molar-refractivity contribution in [2.24, 2.45) is 0 Å². The first kappa shape index (κ1) is 14.4. The van der Waals surface area contributed by atoms with Crippen LogP contribution in [0.1, 0.15) is 27.2 Å². The van der Waals surface area contributed by atoms with Gasteiger partial charge in [0.15, 0.2) is 5.78 Å². The van der Waals surface area contributed by atoms with E-state index >= 15 is 0 Å². The monoisotopic (exact) mass is 221 g/mol. The highest BCUT2D eigenvalue weighted by Gasteiger charge is 2.14. The van der Waals surface area contributed by atoms with Crippen LogP contribution in [0.15, 0.2) is 36.5 Å². The van der Waals surface area contributed by atoms with Crippen LogP contribution < -0.4 is 5.32 Å². The van der Waals surface area contributed by atoms with Gasteiger partial charge in [-0.25, -0.2) is 0 Å². The van der Waals surface area contributed by atoms with E-state index < -0.39 is 6.04 Å². The van der Waals surface area contributed by atoms with Crippen molar-refractivity contribution in [2.75, 3.05) is 0 Å². The Morgan fingerprint density at radius 2 is 2.06 bits per heavy atom. The number of carbonyl (C=O) groups is 2. The van der Waals surface area contributed by atoms with E-state index in [0.29, 0.717) is 12.0 Å². The van der Waals surface area contributed by atoms with Gasteiger partial charge in [-0.3, -0.25) is 9.59 Å². The van der Waals surface area contributed by atoms with E-state index in [0.717, 1.165) is 0 Å². The summed E-state index contributed by atoms with van der Waals surface area (Å²) in [6.45, 7) is 8.82. The Morgan fingerprint density at radius 1 is 1.44 bits per heavy atom. The summed E-state index contributed by atoms with van der Waals surface area (Å²) in [5.41, 5.74) is 0.494. The molecule has 0 rings (SSSR count). The molecule has 0 saturated heterocycles. The van der Waals surface area contributed by atoms with Crippen LogP contribution >= 0.6 is 0 Å². The molecule has 16 heavy (non-hydrogen) atoms. The zero-order valence-corrected chi connectivity index (χ0v) is 10.1. The molecule has 0 aliphatic heterocycles. The third-order valence-electron chi connectivity index (χ3n) is 2.08. The molecule has 0 aliphatic rings. The third-order valence-corrected chi connectivity index (χ3v) is 2.08. The van der Waals surface area contributed by atoms with E-state index in [4.69, 9.17) is 0 Å². The fourth-order valence-electron chi connectivity index (χ4n) is 1.18. The molecule has 0 aromatic rings. The summed E-state index contributed by atoms with van der Waals surface area (Å²) in [6.07, 6.45) is 7.02. The minimum atomic E-state index is -0.448. The first-order valence-corrected chi connectivity index (χ1v) is 5.35. The molecule has 0 spiro atoms. The predicted octanol–water partition coefficient (Wildman–Crippen LogP) is 2.16. The number of rotatable bonds is 6. The van der Waals surface area contributed by atoms with Gasteiger partial charge in [0.1, 0.15) is 0 Å². The summed E-state index contributed by atoms with van der Waals surface area (Å²) < 4.78 is 0. The van der Waals surface area contributed by atoms with Gasteiger partial charge >= 0.3 is 0 Å². The lowest BCUT2D eigenvalue weighted by Crippen LogP contribution is -2.38. The predicted molar refractivity (Wildman–Crippen MR) is 66.0 cm³/mol. The zero-order valence-electron chi connectivity index (χ0n) is 10.1. The molecule has 0 radical (unpaired) electrons. The molecule has 1 unspecified atom stereocenters. The van der Waals surface area contributed by atoms with Gasteiger partial charge in [-0.05, 0) is 13.8 Å². The standard InChI is InChI=1S/C13H19NO2/c1-5-8-11(9-6-2)13(16)14-10(4)12(15)7-3/h5-6,8-10H,1,7H2,2-4H3,(H,14,16). The van der Waals surface area contributed by atoms with Gasteiger partial charge in [0.2, 0.25) is 0 Å². The average Bonchev–Trinajstić information content (AvgIpc) is 2.27. The molecule has 0 aromatic heterocycles. The summed E-state index contributed by atoms with van der Waals surface area (Å²) in [6, 6.07) is -0.448. The second-order valence-electron chi connectivity index (χ2n) is 3.37. The number of Topliss-reactive ketones (excluding diaryl/α,β-unsaturated/α-hetero) is 1. The van der Waals surface area contributed by atoms with Crippen LogP contribution in [0.3, 0.4) is 0 Å². The van der Waals surface area contributed by atoms with E-state index in [-0.39, 0.29) is 11.7 Å². The van der Waals surface area contributed by atoms with Crippen molar-refractivity contribution in [2.45, 2.75) is 33.2 Å². The maximum absolute atomic E-state index is 11.7. The number of carbonyl (C=O) groups excluding carboxylic acids is 2. The smallest absolute Gasteiger partial charge is 0.251 e. The van der Waals surface area contributed by atoms with Gasteiger partial charge < -0.3 is 5.32 Å². The van der Waals surface area contributed by atoms with Crippen LogP contribution in [-0.2, 0) is 9.59 Å². The molecule has 1 atom stereocenters. The molecule has 88 valence electrons. The van der Waals surface area contributed by atoms with Gasteiger partial charge in [-0.15, -0.1) is 0 Å². The summed E-state index contributed by atoms with van der Waals surface area (Å²) in [5.74, 6) is -0.237. The molecule has 0 heterocycles. The Bertz CT molecular complexity index is 327. The first-order chi connectivity index (χ1) is 7.56. The fourth-order valence-corrected chi connectivity index (χ4v) is 1.18. The molecule has 1 amide bonds. The van der Waals surface area contributed by atoms with Gasteiger partial charge in [-0.1, -0.05) is 37.8 Å². The molecule has 0 fully saturated rings. The summed E-state index contributed by atoms with van der Waals surface area (Å²) >= 11 is 0. The number of hydrogen-bond donors (Lipinski definition) is 1. The van der Waals surface area contributed by atoms with E-state index in [1.165, 1.54) is 0 Å². The molecular formula is C13H19NO2. The minimum absolute atomic E-state index is 0.0202. The normalized spacial score (nSPS) is 13.6. The van der Waals surface area contributed by atoms with Crippen molar-refractivity contribution in [1.82, 2.24) is 5.32 Å². The van der Waals surface area contributed by atoms with Gasteiger partial charge in [0.05, 0.1) is 6.04 Å². The molecule has 3 heteroatoms. The third kappa shape index (κ3) is 4.73. The van der Waals surface area contributed by atoms with Crippen LogP contribution in [0.25, 0.3) is 0 Å². The minimum Gasteiger partial charge on any atom is -0.343 e. The fraction of sp³-hybridized carbons (Fsp3) is 0.385. The maximum Gasteiger partial charge on any atom is 0.251 e. The zero-order chi connectivity index (χ0) is 12.6. The number of allylic oxidation sites excluding steroid dienone is 3. The Balaban J connectivity index is 4.60. The number of ketones is 1. The largest absolute Gasteiger partial charge is 0.343 e. The van der Waals surface area contributed by atoms with Crippen LogP contribution in [0.5, 0.6) is 0 Å². The lowest BCUT2D eigenvalue weighted by atomic mass is 10.1. The highest BCUT2D eigenvalue weighted by molar-refractivity contribution is 5.99. The SMILES string of the molecule is C=CC=C(C=CC)C(=O)NC(C)C(=O)CC. The molecule has 0 aliphatic carbocycles. The van der Waals surface area contributed by atoms with Crippen molar-refractivity contribution >= 4 is 11.7 Å². The molecule has 1 N–H and O–H groups in total. The van der Waals surface area contributed by atoms with Gasteiger partial charge in [-0.2, -0.15) is 0 Å². The average molecular weight is 221 g/mol. The summed E-state index contributed by atoms with van der Waals surface area (Å²) in [5, 5.41) is 2.64. The number of hydrogen-bond acceptors (Lipinski definition) is 2. The Morgan fingerprint density at radius 3 is 2.50 bits per heavy atom.